The number of rotatable bonds is 3. The molecule has 7 heteroatoms. The largest absolute Gasteiger partial charge is 0.418 e. The van der Waals surface area contributed by atoms with E-state index in [4.69, 9.17) is 0 Å². The Hall–Kier alpha value is -1.08. The van der Waals surface area contributed by atoms with Gasteiger partial charge in [0.1, 0.15) is 5.82 Å². The molecule has 1 N–H and O–H groups in total. The number of anilines is 1. The van der Waals surface area contributed by atoms with Gasteiger partial charge >= 0.3 is 6.18 Å². The second-order valence-corrected chi connectivity index (χ2v) is 6.15. The van der Waals surface area contributed by atoms with Crippen LogP contribution in [0.4, 0.5) is 23.2 Å². The lowest BCUT2D eigenvalue weighted by Gasteiger charge is -2.15. The van der Waals surface area contributed by atoms with Crippen LogP contribution in [0.15, 0.2) is 45.3 Å². The van der Waals surface area contributed by atoms with Crippen molar-refractivity contribution in [3.05, 3.63) is 62.3 Å². The Morgan fingerprint density at radius 1 is 0.952 bits per heavy atom. The molecule has 0 aliphatic carbocycles. The molecule has 0 fully saturated rings. The summed E-state index contributed by atoms with van der Waals surface area (Å²) in [4.78, 5) is 0. The maximum Gasteiger partial charge on any atom is 0.418 e. The van der Waals surface area contributed by atoms with Crippen LogP contribution in [0.3, 0.4) is 0 Å². The zero-order valence-electron chi connectivity index (χ0n) is 10.4. The first-order chi connectivity index (χ1) is 9.75. The third-order valence-corrected chi connectivity index (χ3v) is 3.64. The highest BCUT2D eigenvalue weighted by atomic mass is 79.9. The number of nitrogens with one attached hydrogen (secondary N) is 1. The number of halogens is 6. The van der Waals surface area contributed by atoms with Crippen molar-refractivity contribution in [1.29, 1.82) is 0 Å². The second kappa shape index (κ2) is 6.36. The lowest BCUT2D eigenvalue weighted by Crippen LogP contribution is -2.11. The molecule has 0 heterocycles. The van der Waals surface area contributed by atoms with E-state index in [0.29, 0.717) is 14.5 Å². The summed E-state index contributed by atoms with van der Waals surface area (Å²) in [6.07, 6.45) is -4.46. The molecule has 0 aliphatic rings. The van der Waals surface area contributed by atoms with Crippen molar-refractivity contribution in [3.63, 3.8) is 0 Å². The summed E-state index contributed by atoms with van der Waals surface area (Å²) >= 11 is 6.16. The number of alkyl halides is 3. The SMILES string of the molecule is Fc1cc(Br)cc(CNc2ccc(Br)cc2C(F)(F)F)c1. The Bertz CT molecular complexity index is 636. The highest BCUT2D eigenvalue weighted by Gasteiger charge is 2.33. The number of hydrogen-bond acceptors (Lipinski definition) is 1. The average molecular weight is 427 g/mol. The zero-order valence-corrected chi connectivity index (χ0v) is 13.6. The fraction of sp³-hybridized carbons (Fsp3) is 0.143. The van der Waals surface area contributed by atoms with Gasteiger partial charge in [-0.25, -0.2) is 4.39 Å². The molecule has 0 amide bonds. The smallest absolute Gasteiger partial charge is 0.380 e. The quantitative estimate of drug-likeness (QED) is 0.595. The van der Waals surface area contributed by atoms with E-state index in [-0.39, 0.29) is 12.2 Å². The monoisotopic (exact) mass is 425 g/mol. The molecule has 0 saturated heterocycles. The van der Waals surface area contributed by atoms with E-state index < -0.39 is 17.6 Å². The van der Waals surface area contributed by atoms with E-state index in [0.717, 1.165) is 6.07 Å². The molecule has 1 nitrogen and oxygen atoms in total. The maximum absolute atomic E-state index is 13.2. The van der Waals surface area contributed by atoms with Crippen LogP contribution in [0.1, 0.15) is 11.1 Å². The van der Waals surface area contributed by atoms with Crippen molar-refractivity contribution in [3.8, 4) is 0 Å². The normalized spacial score (nSPS) is 11.5. The molecule has 0 saturated carbocycles. The van der Waals surface area contributed by atoms with Gasteiger partial charge in [0.15, 0.2) is 0 Å². The summed E-state index contributed by atoms with van der Waals surface area (Å²) in [6, 6.07) is 8.04. The second-order valence-electron chi connectivity index (χ2n) is 4.32. The van der Waals surface area contributed by atoms with Gasteiger partial charge in [0.2, 0.25) is 0 Å². The highest BCUT2D eigenvalue weighted by Crippen LogP contribution is 2.36. The van der Waals surface area contributed by atoms with Crippen molar-refractivity contribution in [1.82, 2.24) is 0 Å². The van der Waals surface area contributed by atoms with E-state index in [1.54, 1.807) is 6.07 Å². The standard InChI is InChI=1S/C14H9Br2F4N/c15-9-1-2-13(12(6-9)14(18,19)20)21-7-8-3-10(16)5-11(17)4-8/h1-6,21H,7H2. The van der Waals surface area contributed by atoms with Crippen LogP contribution < -0.4 is 5.32 Å². The van der Waals surface area contributed by atoms with E-state index in [2.05, 4.69) is 37.2 Å². The fourth-order valence-corrected chi connectivity index (χ4v) is 2.69. The van der Waals surface area contributed by atoms with E-state index in [9.17, 15) is 17.6 Å². The van der Waals surface area contributed by atoms with Crippen molar-refractivity contribution in [2.45, 2.75) is 12.7 Å². The molecule has 0 spiro atoms. The predicted octanol–water partition coefficient (Wildman–Crippen LogP) is 5.98. The molecule has 0 atom stereocenters. The molecule has 0 unspecified atom stereocenters. The van der Waals surface area contributed by atoms with Crippen molar-refractivity contribution in [2.75, 3.05) is 5.32 Å². The molecular formula is C14H9Br2F4N. The topological polar surface area (TPSA) is 12.0 Å². The van der Waals surface area contributed by atoms with Crippen LogP contribution in [0.2, 0.25) is 0 Å². The molecule has 0 aliphatic heterocycles. The molecule has 2 rings (SSSR count). The van der Waals surface area contributed by atoms with Gasteiger partial charge < -0.3 is 5.32 Å². The molecule has 0 aromatic heterocycles. The molecule has 0 bridgehead atoms. The summed E-state index contributed by atoms with van der Waals surface area (Å²) in [7, 11) is 0. The lowest BCUT2D eigenvalue weighted by molar-refractivity contribution is -0.137. The molecule has 2 aromatic carbocycles. The van der Waals surface area contributed by atoms with Crippen molar-refractivity contribution in [2.24, 2.45) is 0 Å². The van der Waals surface area contributed by atoms with E-state index in [1.807, 2.05) is 0 Å². The van der Waals surface area contributed by atoms with Crippen molar-refractivity contribution >= 4 is 37.5 Å². The molecule has 2 aromatic rings. The fourth-order valence-electron chi connectivity index (χ4n) is 1.82. The minimum absolute atomic E-state index is 0.0499. The van der Waals surface area contributed by atoms with Crippen molar-refractivity contribution < 1.29 is 17.6 Å². The third kappa shape index (κ3) is 4.44. The summed E-state index contributed by atoms with van der Waals surface area (Å²) in [5.74, 6) is -0.451. The minimum Gasteiger partial charge on any atom is -0.380 e. The molecule has 112 valence electrons. The summed E-state index contributed by atoms with van der Waals surface area (Å²) < 4.78 is 53.0. The first kappa shape index (κ1) is 16.3. The van der Waals surface area contributed by atoms with Crippen LogP contribution in [-0.4, -0.2) is 0 Å². The first-order valence-corrected chi connectivity index (χ1v) is 7.40. The summed E-state index contributed by atoms with van der Waals surface area (Å²) in [6.45, 7) is 0.0844. The van der Waals surface area contributed by atoms with Crippen LogP contribution >= 0.6 is 31.9 Å². The van der Waals surface area contributed by atoms with Gasteiger partial charge in [-0.05, 0) is 42.0 Å². The molecular weight excluding hydrogens is 418 g/mol. The third-order valence-electron chi connectivity index (χ3n) is 2.69. The molecule has 0 radical (unpaired) electrons. The van der Waals surface area contributed by atoms with E-state index in [1.165, 1.54) is 24.3 Å². The minimum atomic E-state index is -4.46. The Labute approximate surface area is 135 Å². The highest BCUT2D eigenvalue weighted by molar-refractivity contribution is 9.10. The number of hydrogen-bond donors (Lipinski definition) is 1. The van der Waals surface area contributed by atoms with Crippen LogP contribution in [0.5, 0.6) is 0 Å². The lowest BCUT2D eigenvalue weighted by atomic mass is 10.1. The van der Waals surface area contributed by atoms with Gasteiger partial charge in [-0.1, -0.05) is 31.9 Å². The van der Waals surface area contributed by atoms with Crippen LogP contribution in [0, 0.1) is 5.82 Å². The Morgan fingerprint density at radius 3 is 2.29 bits per heavy atom. The molecule has 21 heavy (non-hydrogen) atoms. The Balaban J connectivity index is 2.24. The average Bonchev–Trinajstić information content (AvgIpc) is 2.35. The summed E-state index contributed by atoms with van der Waals surface area (Å²) in [5, 5.41) is 2.69. The van der Waals surface area contributed by atoms with E-state index >= 15 is 0 Å². The Kier molecular flexibility index (Phi) is 4.93. The Morgan fingerprint density at radius 2 is 1.67 bits per heavy atom. The van der Waals surface area contributed by atoms with Gasteiger partial charge in [0.05, 0.1) is 5.56 Å². The first-order valence-electron chi connectivity index (χ1n) is 5.81. The van der Waals surface area contributed by atoms with Crippen LogP contribution in [-0.2, 0) is 12.7 Å². The zero-order chi connectivity index (χ0) is 15.6. The summed E-state index contributed by atoms with van der Waals surface area (Å²) in [5.41, 5.74) is -0.281. The maximum atomic E-state index is 13.2. The van der Waals surface area contributed by atoms with Crippen LogP contribution in [0.25, 0.3) is 0 Å². The van der Waals surface area contributed by atoms with Gasteiger partial charge in [-0.2, -0.15) is 13.2 Å². The van der Waals surface area contributed by atoms with Gasteiger partial charge in [0, 0.05) is 21.2 Å². The van der Waals surface area contributed by atoms with Gasteiger partial charge in [0.25, 0.3) is 0 Å². The predicted molar refractivity (Wildman–Crippen MR) is 80.6 cm³/mol. The number of benzene rings is 2. The van der Waals surface area contributed by atoms with Gasteiger partial charge in [-0.15, -0.1) is 0 Å². The van der Waals surface area contributed by atoms with Gasteiger partial charge in [-0.3, -0.25) is 0 Å².